The summed E-state index contributed by atoms with van der Waals surface area (Å²) in [7, 11) is 0. The molecule has 1 aliphatic carbocycles. The Morgan fingerprint density at radius 2 is 2.00 bits per heavy atom. The van der Waals surface area contributed by atoms with Crippen molar-refractivity contribution >= 4 is 57.2 Å². The highest BCUT2D eigenvalue weighted by molar-refractivity contribution is 8.00. The number of unbranched alkanes of at least 4 members (excludes halogenated alkanes) is 1. The fraction of sp³-hybridized carbons (Fsp3) is 0.519. The molecule has 210 valence electrons. The Hall–Kier alpha value is -2.70. The van der Waals surface area contributed by atoms with Gasteiger partial charge < -0.3 is 19.9 Å². The number of ether oxygens (including phenoxy) is 1. The van der Waals surface area contributed by atoms with E-state index in [1.54, 1.807) is 13.0 Å². The third-order valence-corrected chi connectivity index (χ3v) is 9.63. The summed E-state index contributed by atoms with van der Waals surface area (Å²) < 4.78 is 7.33. The largest absolute Gasteiger partial charge is 0.462 e. The molecule has 4 rings (SSSR count). The zero-order valence-electron chi connectivity index (χ0n) is 22.6. The van der Waals surface area contributed by atoms with Gasteiger partial charge in [-0.2, -0.15) is 0 Å². The van der Waals surface area contributed by atoms with Crippen LogP contribution in [0.25, 0.3) is 0 Å². The number of thioether (sulfide) groups is 1. The highest BCUT2D eigenvalue weighted by Crippen LogP contribution is 2.38. The van der Waals surface area contributed by atoms with E-state index in [4.69, 9.17) is 4.74 Å². The maximum atomic E-state index is 13.3. The second kappa shape index (κ2) is 14.1. The molecule has 0 saturated carbocycles. The molecular weight excluding hydrogens is 555 g/mol. The van der Waals surface area contributed by atoms with E-state index < -0.39 is 5.25 Å². The van der Waals surface area contributed by atoms with Crippen molar-refractivity contribution in [2.75, 3.05) is 11.9 Å². The molecule has 12 heteroatoms. The minimum atomic E-state index is -0.486. The van der Waals surface area contributed by atoms with Crippen LogP contribution in [0.5, 0.6) is 0 Å². The first-order chi connectivity index (χ1) is 18.9. The number of nitrogens with one attached hydrogen (secondary N) is 2. The van der Waals surface area contributed by atoms with Crippen LogP contribution in [-0.4, -0.2) is 44.4 Å². The van der Waals surface area contributed by atoms with Gasteiger partial charge in [-0.15, -0.1) is 32.9 Å². The van der Waals surface area contributed by atoms with Gasteiger partial charge in [0.15, 0.2) is 11.0 Å². The Kier molecular flexibility index (Phi) is 10.6. The third-order valence-electron chi connectivity index (χ3n) is 6.47. The minimum absolute atomic E-state index is 0.149. The van der Waals surface area contributed by atoms with Crippen LogP contribution in [0.1, 0.15) is 89.2 Å². The highest BCUT2D eigenvalue weighted by atomic mass is 32.2. The molecule has 3 heterocycles. The quantitative estimate of drug-likeness (QED) is 0.158. The maximum absolute atomic E-state index is 13.3. The van der Waals surface area contributed by atoms with Crippen molar-refractivity contribution in [3.8, 4) is 0 Å². The average Bonchev–Trinajstić information content (AvgIpc) is 3.63. The Morgan fingerprint density at radius 1 is 1.18 bits per heavy atom. The molecule has 9 nitrogen and oxygen atoms in total. The Balaban J connectivity index is 1.47. The van der Waals surface area contributed by atoms with Crippen molar-refractivity contribution < 1.29 is 19.1 Å². The molecule has 3 aromatic heterocycles. The van der Waals surface area contributed by atoms with E-state index in [2.05, 4.69) is 27.8 Å². The van der Waals surface area contributed by atoms with E-state index in [1.807, 2.05) is 22.9 Å². The van der Waals surface area contributed by atoms with Crippen LogP contribution in [-0.2, 0) is 35.5 Å². The van der Waals surface area contributed by atoms with E-state index in [0.717, 1.165) is 50.5 Å². The molecule has 0 spiro atoms. The normalized spacial score (nSPS) is 13.8. The number of carbonyl (C=O) groups excluding carboxylic acids is 3. The summed E-state index contributed by atoms with van der Waals surface area (Å²) in [6.07, 6.45) is 6.89. The summed E-state index contributed by atoms with van der Waals surface area (Å²) in [5.74, 6) is -0.0839. The molecule has 0 saturated heterocycles. The monoisotopic (exact) mass is 589 g/mol. The summed E-state index contributed by atoms with van der Waals surface area (Å²) in [5, 5.41) is 17.2. The number of fused-ring (bicyclic) bond motifs is 1. The van der Waals surface area contributed by atoms with Gasteiger partial charge in [-0.3, -0.25) is 9.59 Å². The fourth-order valence-corrected chi connectivity index (χ4v) is 7.22. The zero-order chi connectivity index (χ0) is 27.8. The Morgan fingerprint density at radius 3 is 2.74 bits per heavy atom. The number of anilines is 1. The second-order valence-electron chi connectivity index (χ2n) is 9.30. The lowest BCUT2D eigenvalue weighted by Gasteiger charge is -2.14. The highest BCUT2D eigenvalue weighted by Gasteiger charge is 2.28. The number of esters is 1. The SMILES string of the molecule is CCCCn1c(CNC(=O)c2cccs2)nnc1S[C@H](C)C(=O)Nc1sc2c(c1C(=O)OCC)CCCCC2. The van der Waals surface area contributed by atoms with Gasteiger partial charge >= 0.3 is 5.97 Å². The van der Waals surface area contributed by atoms with Crippen LogP contribution in [0.2, 0.25) is 0 Å². The number of carbonyl (C=O) groups is 3. The molecule has 0 aromatic carbocycles. The summed E-state index contributed by atoms with van der Waals surface area (Å²) in [6, 6.07) is 3.62. The summed E-state index contributed by atoms with van der Waals surface area (Å²) >= 11 is 4.20. The number of aryl methyl sites for hydroxylation is 1. The lowest BCUT2D eigenvalue weighted by molar-refractivity contribution is -0.115. The summed E-state index contributed by atoms with van der Waals surface area (Å²) in [4.78, 5) is 40.4. The van der Waals surface area contributed by atoms with Crippen molar-refractivity contribution in [1.29, 1.82) is 0 Å². The average molecular weight is 590 g/mol. The van der Waals surface area contributed by atoms with Crippen molar-refractivity contribution in [3.05, 3.63) is 44.2 Å². The minimum Gasteiger partial charge on any atom is -0.462 e. The van der Waals surface area contributed by atoms with Crippen LogP contribution in [0, 0.1) is 0 Å². The number of hydrogen-bond acceptors (Lipinski definition) is 9. The topological polar surface area (TPSA) is 115 Å². The number of amides is 2. The number of thiophene rings is 2. The standard InChI is InChI=1S/C27H35N5O4S3/c1-4-6-14-32-21(16-28-24(34)20-13-10-15-37-20)30-31-27(32)38-17(3)23(33)29-25-22(26(35)36-5-2)18-11-8-7-9-12-19(18)39-25/h10,13,15,17H,4-9,11-12,14,16H2,1-3H3,(H,28,34)(H,29,33)/t17-/m1/s1. The van der Waals surface area contributed by atoms with E-state index in [-0.39, 0.29) is 30.9 Å². The van der Waals surface area contributed by atoms with E-state index in [9.17, 15) is 14.4 Å². The van der Waals surface area contributed by atoms with Crippen molar-refractivity contribution in [2.24, 2.45) is 0 Å². The maximum Gasteiger partial charge on any atom is 0.341 e. The van der Waals surface area contributed by atoms with Crippen molar-refractivity contribution in [2.45, 2.75) is 89.2 Å². The smallest absolute Gasteiger partial charge is 0.341 e. The van der Waals surface area contributed by atoms with Crippen LogP contribution in [0.15, 0.2) is 22.7 Å². The molecule has 0 radical (unpaired) electrons. The van der Waals surface area contributed by atoms with Gasteiger partial charge in [0, 0.05) is 11.4 Å². The molecule has 2 N–H and O–H groups in total. The molecule has 0 bridgehead atoms. The van der Waals surface area contributed by atoms with Gasteiger partial charge in [0.05, 0.1) is 28.8 Å². The van der Waals surface area contributed by atoms with Crippen LogP contribution in [0.3, 0.4) is 0 Å². The van der Waals surface area contributed by atoms with Gasteiger partial charge in [0.2, 0.25) is 5.91 Å². The summed E-state index contributed by atoms with van der Waals surface area (Å²) in [6.45, 7) is 6.94. The zero-order valence-corrected chi connectivity index (χ0v) is 25.0. The first-order valence-electron chi connectivity index (χ1n) is 13.5. The van der Waals surface area contributed by atoms with Crippen LogP contribution < -0.4 is 10.6 Å². The fourth-order valence-electron chi connectivity index (χ4n) is 4.41. The molecule has 0 unspecified atom stereocenters. The van der Waals surface area contributed by atoms with E-state index in [0.29, 0.717) is 33.0 Å². The number of nitrogens with zero attached hydrogens (tertiary/aromatic N) is 3. The third kappa shape index (κ3) is 7.29. The molecule has 1 aliphatic rings. The van der Waals surface area contributed by atoms with Gasteiger partial charge in [-0.1, -0.05) is 37.6 Å². The molecule has 2 amide bonds. The van der Waals surface area contributed by atoms with Gasteiger partial charge in [0.25, 0.3) is 5.91 Å². The first kappa shape index (κ1) is 29.3. The van der Waals surface area contributed by atoms with Gasteiger partial charge in [-0.25, -0.2) is 4.79 Å². The van der Waals surface area contributed by atoms with Crippen molar-refractivity contribution in [1.82, 2.24) is 20.1 Å². The Bertz CT molecular complexity index is 1280. The number of hydrogen-bond donors (Lipinski definition) is 2. The molecule has 3 aromatic rings. The van der Waals surface area contributed by atoms with Crippen LogP contribution >= 0.6 is 34.4 Å². The molecular formula is C27H35N5O4S3. The summed E-state index contributed by atoms with van der Waals surface area (Å²) in [5.41, 5.74) is 1.54. The van der Waals surface area contributed by atoms with Gasteiger partial charge in [-0.05, 0) is 63.0 Å². The lowest BCUT2D eigenvalue weighted by Crippen LogP contribution is -2.25. The van der Waals surface area contributed by atoms with E-state index >= 15 is 0 Å². The molecule has 0 fully saturated rings. The number of aromatic nitrogens is 3. The molecule has 1 atom stereocenters. The van der Waals surface area contributed by atoms with Gasteiger partial charge in [0.1, 0.15) is 5.00 Å². The van der Waals surface area contributed by atoms with Crippen molar-refractivity contribution in [3.63, 3.8) is 0 Å². The van der Waals surface area contributed by atoms with E-state index in [1.165, 1.54) is 39.3 Å². The number of rotatable bonds is 12. The molecule has 0 aliphatic heterocycles. The second-order valence-corrected chi connectivity index (χ2v) is 12.7. The Labute approximate surface area is 241 Å². The predicted octanol–water partition coefficient (Wildman–Crippen LogP) is 5.70. The van der Waals surface area contributed by atoms with Crippen LogP contribution in [0.4, 0.5) is 5.00 Å². The lowest BCUT2D eigenvalue weighted by atomic mass is 10.1. The predicted molar refractivity (Wildman–Crippen MR) is 156 cm³/mol. The first-order valence-corrected chi connectivity index (χ1v) is 16.0. The molecule has 39 heavy (non-hydrogen) atoms.